The van der Waals surface area contributed by atoms with Gasteiger partial charge in [0.2, 0.25) is 0 Å². The van der Waals surface area contributed by atoms with Crippen molar-refractivity contribution in [3.8, 4) is 11.3 Å². The molecule has 1 fully saturated rings. The fraction of sp³-hybridized carbons (Fsp3) is 0.615. The Balaban J connectivity index is 1.39. The molecule has 1 aliphatic rings. The maximum atomic E-state index is 14.1. The molecule has 158 valence electrons. The molecule has 0 spiro atoms. The standard InChI is InChI=1S/C26H37FN2/c1-3-4-5-6-7-8-21-10-12-22(13-11-21)14-15-23-16-18-26(29-28-23)24-17-9-20(2)19-25(24)27/h9,16-19,21-22H,3-8,10-15H2,1-2H3. The fourth-order valence-electron chi connectivity index (χ4n) is 4.66. The molecule has 0 radical (unpaired) electrons. The smallest absolute Gasteiger partial charge is 0.132 e. The van der Waals surface area contributed by atoms with E-state index in [0.717, 1.165) is 29.5 Å². The Labute approximate surface area is 176 Å². The molecule has 1 saturated carbocycles. The number of nitrogens with zero attached hydrogens (tertiary/aromatic N) is 2. The zero-order valence-corrected chi connectivity index (χ0v) is 18.3. The molecule has 1 aromatic carbocycles. The lowest BCUT2D eigenvalue weighted by Gasteiger charge is -2.28. The summed E-state index contributed by atoms with van der Waals surface area (Å²) >= 11 is 0. The summed E-state index contributed by atoms with van der Waals surface area (Å²) in [4.78, 5) is 0. The number of hydrogen-bond acceptors (Lipinski definition) is 2. The van der Waals surface area contributed by atoms with Crippen LogP contribution in [-0.4, -0.2) is 10.2 Å². The van der Waals surface area contributed by atoms with Crippen molar-refractivity contribution in [1.82, 2.24) is 10.2 Å². The second-order valence-electron chi connectivity index (χ2n) is 9.02. The van der Waals surface area contributed by atoms with Crippen LogP contribution < -0.4 is 0 Å². The van der Waals surface area contributed by atoms with Crippen LogP contribution in [0.3, 0.4) is 0 Å². The molecule has 0 saturated heterocycles. The summed E-state index contributed by atoms with van der Waals surface area (Å²) in [7, 11) is 0. The third kappa shape index (κ3) is 6.90. The van der Waals surface area contributed by atoms with Gasteiger partial charge in [-0.3, -0.25) is 0 Å². The van der Waals surface area contributed by atoms with Crippen molar-refractivity contribution < 1.29 is 4.39 Å². The Hall–Kier alpha value is -1.77. The number of rotatable bonds is 10. The van der Waals surface area contributed by atoms with Crippen molar-refractivity contribution >= 4 is 0 Å². The number of halogens is 1. The maximum absolute atomic E-state index is 14.1. The minimum absolute atomic E-state index is 0.228. The SMILES string of the molecule is CCCCCCCC1CCC(CCc2ccc(-c3ccc(C)cc3F)nn2)CC1. The quantitative estimate of drug-likeness (QED) is 0.385. The van der Waals surface area contributed by atoms with Crippen molar-refractivity contribution in [1.29, 1.82) is 0 Å². The highest BCUT2D eigenvalue weighted by Gasteiger charge is 2.21. The molecule has 1 heterocycles. The molecule has 0 bridgehead atoms. The van der Waals surface area contributed by atoms with Gasteiger partial charge in [0.25, 0.3) is 0 Å². The van der Waals surface area contributed by atoms with Gasteiger partial charge in [-0.2, -0.15) is 10.2 Å². The van der Waals surface area contributed by atoms with E-state index < -0.39 is 0 Å². The van der Waals surface area contributed by atoms with E-state index in [1.807, 2.05) is 25.1 Å². The Morgan fingerprint density at radius 1 is 0.862 bits per heavy atom. The van der Waals surface area contributed by atoms with Crippen LogP contribution in [-0.2, 0) is 6.42 Å². The largest absolute Gasteiger partial charge is 0.206 e. The van der Waals surface area contributed by atoms with Gasteiger partial charge < -0.3 is 0 Å². The molecule has 29 heavy (non-hydrogen) atoms. The van der Waals surface area contributed by atoms with Gasteiger partial charge in [-0.05, 0) is 61.4 Å². The minimum atomic E-state index is -0.228. The van der Waals surface area contributed by atoms with Crippen molar-refractivity contribution in [2.45, 2.75) is 90.9 Å². The molecule has 1 aromatic heterocycles. The van der Waals surface area contributed by atoms with E-state index >= 15 is 0 Å². The lowest BCUT2D eigenvalue weighted by molar-refractivity contribution is 0.248. The van der Waals surface area contributed by atoms with E-state index in [-0.39, 0.29) is 5.82 Å². The summed E-state index contributed by atoms with van der Waals surface area (Å²) in [5, 5.41) is 8.65. The molecule has 0 aliphatic heterocycles. The van der Waals surface area contributed by atoms with Gasteiger partial charge in [-0.15, -0.1) is 0 Å². The predicted octanol–water partition coefficient (Wildman–Crippen LogP) is 7.69. The Morgan fingerprint density at radius 3 is 2.24 bits per heavy atom. The molecule has 2 nitrogen and oxygen atoms in total. The molecule has 0 atom stereocenters. The summed E-state index contributed by atoms with van der Waals surface area (Å²) in [5.74, 6) is 1.58. The zero-order valence-electron chi connectivity index (χ0n) is 18.3. The first-order valence-electron chi connectivity index (χ1n) is 11.7. The number of aryl methyl sites for hydroxylation is 2. The molecular weight excluding hydrogens is 359 g/mol. The number of unbranched alkanes of at least 4 members (excludes halogenated alkanes) is 4. The third-order valence-corrected chi connectivity index (χ3v) is 6.61. The van der Waals surface area contributed by atoms with Gasteiger partial charge in [0.15, 0.2) is 0 Å². The molecule has 0 unspecified atom stereocenters. The second kappa shape index (κ2) is 11.4. The van der Waals surface area contributed by atoms with Crippen LogP contribution in [0.2, 0.25) is 0 Å². The average molecular weight is 397 g/mol. The average Bonchev–Trinajstić information content (AvgIpc) is 2.73. The first-order valence-corrected chi connectivity index (χ1v) is 11.7. The lowest BCUT2D eigenvalue weighted by atomic mass is 9.78. The van der Waals surface area contributed by atoms with E-state index in [4.69, 9.17) is 0 Å². The fourth-order valence-corrected chi connectivity index (χ4v) is 4.66. The first kappa shape index (κ1) is 21.9. The molecule has 0 N–H and O–H groups in total. The van der Waals surface area contributed by atoms with Gasteiger partial charge >= 0.3 is 0 Å². The van der Waals surface area contributed by atoms with Gasteiger partial charge in [0.05, 0.1) is 11.4 Å². The Morgan fingerprint density at radius 2 is 1.59 bits per heavy atom. The normalized spacial score (nSPS) is 19.4. The third-order valence-electron chi connectivity index (χ3n) is 6.61. The van der Waals surface area contributed by atoms with E-state index in [2.05, 4.69) is 17.1 Å². The molecule has 2 aromatic rings. The first-order chi connectivity index (χ1) is 14.2. The lowest BCUT2D eigenvalue weighted by Crippen LogP contribution is -2.15. The minimum Gasteiger partial charge on any atom is -0.206 e. The zero-order chi connectivity index (χ0) is 20.5. The van der Waals surface area contributed by atoms with Crippen molar-refractivity contribution in [2.75, 3.05) is 0 Å². The number of aromatic nitrogens is 2. The molecule has 3 rings (SSSR count). The van der Waals surface area contributed by atoms with Crippen LogP contribution in [0.25, 0.3) is 11.3 Å². The molecular formula is C26H37FN2. The Bertz CT molecular complexity index is 733. The van der Waals surface area contributed by atoms with Gasteiger partial charge in [0.1, 0.15) is 5.82 Å². The highest BCUT2D eigenvalue weighted by atomic mass is 19.1. The van der Waals surface area contributed by atoms with E-state index in [9.17, 15) is 4.39 Å². The van der Waals surface area contributed by atoms with Crippen LogP contribution in [0.15, 0.2) is 30.3 Å². The van der Waals surface area contributed by atoms with Crippen LogP contribution in [0.1, 0.15) is 88.8 Å². The number of benzene rings is 1. The van der Waals surface area contributed by atoms with E-state index in [1.54, 1.807) is 12.1 Å². The van der Waals surface area contributed by atoms with Crippen LogP contribution in [0.5, 0.6) is 0 Å². The highest BCUT2D eigenvalue weighted by Crippen LogP contribution is 2.34. The highest BCUT2D eigenvalue weighted by molar-refractivity contribution is 5.59. The Kier molecular flexibility index (Phi) is 8.64. The van der Waals surface area contributed by atoms with Crippen molar-refractivity contribution in [2.24, 2.45) is 11.8 Å². The van der Waals surface area contributed by atoms with Crippen molar-refractivity contribution in [3.05, 3.63) is 47.4 Å². The summed E-state index contributed by atoms with van der Waals surface area (Å²) < 4.78 is 14.1. The summed E-state index contributed by atoms with van der Waals surface area (Å²) in [6, 6.07) is 9.17. The summed E-state index contributed by atoms with van der Waals surface area (Å²) in [5.41, 5.74) is 3.09. The van der Waals surface area contributed by atoms with Crippen LogP contribution in [0.4, 0.5) is 4.39 Å². The summed E-state index contributed by atoms with van der Waals surface area (Å²) in [6.07, 6.45) is 16.2. The molecule has 0 amide bonds. The van der Waals surface area contributed by atoms with Crippen LogP contribution >= 0.6 is 0 Å². The van der Waals surface area contributed by atoms with Crippen molar-refractivity contribution in [3.63, 3.8) is 0 Å². The van der Waals surface area contributed by atoms with Gasteiger partial charge in [-0.1, -0.05) is 77.2 Å². The predicted molar refractivity (Wildman–Crippen MR) is 119 cm³/mol. The molecule has 1 aliphatic carbocycles. The van der Waals surface area contributed by atoms with E-state index in [0.29, 0.717) is 11.3 Å². The monoisotopic (exact) mass is 396 g/mol. The topological polar surface area (TPSA) is 25.8 Å². The second-order valence-corrected chi connectivity index (χ2v) is 9.02. The molecule has 3 heteroatoms. The van der Waals surface area contributed by atoms with Gasteiger partial charge in [-0.25, -0.2) is 4.39 Å². The van der Waals surface area contributed by atoms with Crippen LogP contribution in [0, 0.1) is 24.6 Å². The summed E-state index contributed by atoms with van der Waals surface area (Å²) in [6.45, 7) is 4.17. The van der Waals surface area contributed by atoms with E-state index in [1.165, 1.54) is 70.6 Å². The number of hydrogen-bond donors (Lipinski definition) is 0. The maximum Gasteiger partial charge on any atom is 0.132 e. The van der Waals surface area contributed by atoms with Gasteiger partial charge in [0, 0.05) is 5.56 Å².